The molecule has 0 amide bonds. The van der Waals surface area contributed by atoms with Gasteiger partial charge >= 0.3 is 5.69 Å². The average molecular weight is 242 g/mol. The van der Waals surface area contributed by atoms with Crippen LogP contribution in [0, 0.1) is 6.92 Å². The first-order chi connectivity index (χ1) is 8.10. The Balaban J connectivity index is 2.12. The molecule has 0 aliphatic carbocycles. The number of aromatic amines is 1. The van der Waals surface area contributed by atoms with Crippen LogP contribution in [0.25, 0.3) is 0 Å². The number of nitrogens with zero attached hydrogens (tertiary/aromatic N) is 1. The lowest BCUT2D eigenvalue weighted by Gasteiger charge is -2.11. The van der Waals surface area contributed by atoms with Crippen LogP contribution in [0.15, 0.2) is 15.8 Å². The minimum absolute atomic E-state index is 0.212. The molecule has 1 aromatic heterocycles. The Labute approximate surface area is 96.6 Å². The Morgan fingerprint density at radius 1 is 1.59 bits per heavy atom. The van der Waals surface area contributed by atoms with Crippen LogP contribution in [0.4, 0.5) is 0 Å². The molecule has 0 aromatic carbocycles. The van der Waals surface area contributed by atoms with E-state index in [0.29, 0.717) is 12.2 Å². The van der Waals surface area contributed by atoms with Crippen LogP contribution >= 0.6 is 0 Å². The van der Waals surface area contributed by atoms with Crippen molar-refractivity contribution in [3.8, 4) is 0 Å². The molecule has 1 aliphatic heterocycles. The normalized spacial score (nSPS) is 24.1. The molecule has 2 unspecified atom stereocenters. The molecule has 7 nitrogen and oxygen atoms in total. The van der Waals surface area contributed by atoms with Crippen LogP contribution in [0.2, 0.25) is 0 Å². The zero-order valence-electron chi connectivity index (χ0n) is 9.38. The van der Waals surface area contributed by atoms with E-state index in [1.165, 1.54) is 10.8 Å². The summed E-state index contributed by atoms with van der Waals surface area (Å²) in [4.78, 5) is 24.9. The van der Waals surface area contributed by atoms with Crippen molar-refractivity contribution in [1.82, 2.24) is 9.55 Å². The summed E-state index contributed by atoms with van der Waals surface area (Å²) in [5.74, 6) is 0. The number of ether oxygens (including phenoxy) is 2. The molecule has 0 bridgehead atoms. The SMILES string of the molecule is Cc1cn(CC2COC(CO)O2)c(=O)[nH]c1=O. The molecule has 1 saturated heterocycles. The highest BCUT2D eigenvalue weighted by Gasteiger charge is 2.25. The van der Waals surface area contributed by atoms with Crippen LogP contribution in [0.1, 0.15) is 5.56 Å². The summed E-state index contributed by atoms with van der Waals surface area (Å²) >= 11 is 0. The zero-order chi connectivity index (χ0) is 12.4. The van der Waals surface area contributed by atoms with Gasteiger partial charge in [0.1, 0.15) is 6.10 Å². The molecule has 1 aliphatic rings. The predicted octanol–water partition coefficient (Wildman–Crippen LogP) is -1.42. The smallest absolute Gasteiger partial charge is 0.328 e. The number of aliphatic hydroxyl groups excluding tert-OH is 1. The van der Waals surface area contributed by atoms with Crippen molar-refractivity contribution < 1.29 is 14.6 Å². The standard InChI is InChI=1S/C10H14N2O5/c1-6-2-12(10(15)11-9(6)14)3-7-5-16-8(4-13)17-7/h2,7-8,13H,3-5H2,1H3,(H,11,14,15). The predicted molar refractivity (Wildman–Crippen MR) is 57.8 cm³/mol. The number of hydrogen-bond donors (Lipinski definition) is 2. The summed E-state index contributed by atoms with van der Waals surface area (Å²) in [5.41, 5.74) is -0.401. The van der Waals surface area contributed by atoms with Crippen molar-refractivity contribution >= 4 is 0 Å². The molecule has 0 saturated carbocycles. The second-order valence-corrected chi connectivity index (χ2v) is 3.93. The highest BCUT2D eigenvalue weighted by atomic mass is 16.7. The molecule has 7 heteroatoms. The number of nitrogens with one attached hydrogen (secondary N) is 1. The number of aromatic nitrogens is 2. The third-order valence-electron chi connectivity index (χ3n) is 2.55. The van der Waals surface area contributed by atoms with Gasteiger partial charge in [0.2, 0.25) is 0 Å². The largest absolute Gasteiger partial charge is 0.391 e. The van der Waals surface area contributed by atoms with E-state index < -0.39 is 12.0 Å². The minimum atomic E-state index is -0.625. The van der Waals surface area contributed by atoms with E-state index in [1.807, 2.05) is 0 Å². The van der Waals surface area contributed by atoms with Gasteiger partial charge in [0.15, 0.2) is 6.29 Å². The van der Waals surface area contributed by atoms with Gasteiger partial charge in [0, 0.05) is 11.8 Å². The van der Waals surface area contributed by atoms with Crippen LogP contribution in [-0.4, -0.2) is 40.3 Å². The van der Waals surface area contributed by atoms with E-state index in [-0.39, 0.29) is 24.8 Å². The second kappa shape index (κ2) is 4.82. The van der Waals surface area contributed by atoms with Gasteiger partial charge in [-0.2, -0.15) is 0 Å². The maximum absolute atomic E-state index is 11.5. The van der Waals surface area contributed by atoms with Crippen molar-refractivity contribution in [3.63, 3.8) is 0 Å². The third-order valence-corrected chi connectivity index (χ3v) is 2.55. The van der Waals surface area contributed by atoms with Gasteiger partial charge in [0.05, 0.1) is 19.8 Å². The average Bonchev–Trinajstić information content (AvgIpc) is 2.73. The summed E-state index contributed by atoms with van der Waals surface area (Å²) in [6, 6.07) is 0. The summed E-state index contributed by atoms with van der Waals surface area (Å²) < 4.78 is 11.8. The first-order valence-electron chi connectivity index (χ1n) is 5.28. The molecule has 94 valence electrons. The summed E-state index contributed by atoms with van der Waals surface area (Å²) in [7, 11) is 0. The van der Waals surface area contributed by atoms with Gasteiger partial charge in [-0.15, -0.1) is 0 Å². The van der Waals surface area contributed by atoms with Crippen LogP contribution in [-0.2, 0) is 16.0 Å². The summed E-state index contributed by atoms with van der Waals surface area (Å²) in [5, 5.41) is 8.82. The Morgan fingerprint density at radius 3 is 3.00 bits per heavy atom. The molecule has 1 fully saturated rings. The van der Waals surface area contributed by atoms with Crippen LogP contribution in [0.3, 0.4) is 0 Å². The van der Waals surface area contributed by atoms with Crippen LogP contribution in [0.5, 0.6) is 0 Å². The Morgan fingerprint density at radius 2 is 2.35 bits per heavy atom. The van der Waals surface area contributed by atoms with E-state index >= 15 is 0 Å². The van der Waals surface area contributed by atoms with E-state index in [1.54, 1.807) is 6.92 Å². The molecular formula is C10H14N2O5. The maximum Gasteiger partial charge on any atom is 0.328 e. The van der Waals surface area contributed by atoms with Crippen molar-refractivity contribution in [2.75, 3.05) is 13.2 Å². The molecule has 2 heterocycles. The Bertz CT molecular complexity index is 506. The molecule has 0 radical (unpaired) electrons. The monoisotopic (exact) mass is 242 g/mol. The van der Waals surface area contributed by atoms with Crippen molar-refractivity contribution in [3.05, 3.63) is 32.6 Å². The van der Waals surface area contributed by atoms with Gasteiger partial charge in [0.25, 0.3) is 5.56 Å². The fraction of sp³-hybridized carbons (Fsp3) is 0.600. The lowest BCUT2D eigenvalue weighted by molar-refractivity contribution is -0.0893. The number of aliphatic hydroxyl groups is 1. The quantitative estimate of drug-likeness (QED) is 0.678. The van der Waals surface area contributed by atoms with Gasteiger partial charge in [-0.1, -0.05) is 0 Å². The number of rotatable bonds is 3. The lowest BCUT2D eigenvalue weighted by atomic mass is 10.3. The first kappa shape index (κ1) is 12.0. The van der Waals surface area contributed by atoms with E-state index in [2.05, 4.69) is 4.98 Å². The molecular weight excluding hydrogens is 228 g/mol. The number of aryl methyl sites for hydroxylation is 1. The second-order valence-electron chi connectivity index (χ2n) is 3.93. The van der Waals surface area contributed by atoms with Gasteiger partial charge < -0.3 is 14.6 Å². The molecule has 17 heavy (non-hydrogen) atoms. The maximum atomic E-state index is 11.5. The Hall–Kier alpha value is -1.44. The first-order valence-corrected chi connectivity index (χ1v) is 5.28. The fourth-order valence-electron chi connectivity index (χ4n) is 1.67. The molecule has 0 spiro atoms. The van der Waals surface area contributed by atoms with Crippen molar-refractivity contribution in [2.45, 2.75) is 25.9 Å². The van der Waals surface area contributed by atoms with E-state index in [9.17, 15) is 9.59 Å². The van der Waals surface area contributed by atoms with Crippen LogP contribution < -0.4 is 11.2 Å². The highest BCUT2D eigenvalue weighted by Crippen LogP contribution is 2.11. The Kier molecular flexibility index (Phi) is 3.41. The minimum Gasteiger partial charge on any atom is -0.391 e. The topological polar surface area (TPSA) is 93.6 Å². The number of H-pyrrole nitrogens is 1. The zero-order valence-corrected chi connectivity index (χ0v) is 9.38. The number of hydrogen-bond acceptors (Lipinski definition) is 5. The third kappa shape index (κ3) is 2.63. The van der Waals surface area contributed by atoms with E-state index in [0.717, 1.165) is 0 Å². The van der Waals surface area contributed by atoms with E-state index in [4.69, 9.17) is 14.6 Å². The molecule has 2 rings (SSSR count). The van der Waals surface area contributed by atoms with Gasteiger partial charge in [-0.3, -0.25) is 14.3 Å². The summed E-state index contributed by atoms with van der Waals surface area (Å²) in [6.07, 6.45) is 0.561. The molecule has 1 aromatic rings. The van der Waals surface area contributed by atoms with Gasteiger partial charge in [-0.25, -0.2) is 4.79 Å². The van der Waals surface area contributed by atoms with Crippen molar-refractivity contribution in [2.24, 2.45) is 0 Å². The van der Waals surface area contributed by atoms with Gasteiger partial charge in [-0.05, 0) is 6.92 Å². The van der Waals surface area contributed by atoms with Crippen molar-refractivity contribution in [1.29, 1.82) is 0 Å². The summed E-state index contributed by atoms with van der Waals surface area (Å²) in [6.45, 7) is 2.01. The fourth-order valence-corrected chi connectivity index (χ4v) is 1.67. The molecule has 2 atom stereocenters. The molecule has 2 N–H and O–H groups in total. The lowest BCUT2D eigenvalue weighted by Crippen LogP contribution is -2.34. The highest BCUT2D eigenvalue weighted by molar-refractivity contribution is 5.00.